The summed E-state index contributed by atoms with van der Waals surface area (Å²) in [5.74, 6) is -0.291. The lowest BCUT2D eigenvalue weighted by Crippen LogP contribution is -2.45. The molecule has 3 rings (SSSR count). The Labute approximate surface area is 157 Å². The lowest BCUT2D eigenvalue weighted by molar-refractivity contribution is -0.113. The second-order valence-corrected chi connectivity index (χ2v) is 6.81. The highest BCUT2D eigenvalue weighted by Gasteiger charge is 2.31. The summed E-state index contributed by atoms with van der Waals surface area (Å²) in [6, 6.07) is 12.2. The SMILES string of the molecule is CC1=C(C(=O)Nc2ccc(C)c(Cl)c2)[C@H](c2ccc(C)cc2)NC(=O)N1. The Hall–Kier alpha value is -2.79. The van der Waals surface area contributed by atoms with Gasteiger partial charge in [0.05, 0.1) is 11.6 Å². The third-order valence-corrected chi connectivity index (χ3v) is 4.76. The van der Waals surface area contributed by atoms with Crippen molar-refractivity contribution in [2.45, 2.75) is 26.8 Å². The van der Waals surface area contributed by atoms with Crippen LogP contribution in [0.2, 0.25) is 5.02 Å². The molecule has 3 N–H and O–H groups in total. The zero-order valence-electron chi connectivity index (χ0n) is 14.8. The van der Waals surface area contributed by atoms with Gasteiger partial charge in [-0.3, -0.25) is 4.79 Å². The number of halogens is 1. The van der Waals surface area contributed by atoms with Gasteiger partial charge < -0.3 is 16.0 Å². The lowest BCUT2D eigenvalue weighted by Gasteiger charge is -2.28. The molecule has 0 saturated heterocycles. The molecule has 26 heavy (non-hydrogen) atoms. The van der Waals surface area contributed by atoms with Crippen LogP contribution in [0.1, 0.15) is 29.7 Å². The van der Waals surface area contributed by atoms with Crippen molar-refractivity contribution in [3.63, 3.8) is 0 Å². The molecule has 134 valence electrons. The number of benzene rings is 2. The summed E-state index contributed by atoms with van der Waals surface area (Å²) in [7, 11) is 0. The van der Waals surface area contributed by atoms with Crippen molar-refractivity contribution >= 4 is 29.2 Å². The molecule has 3 amide bonds. The van der Waals surface area contributed by atoms with E-state index < -0.39 is 6.04 Å². The Morgan fingerprint density at radius 2 is 1.77 bits per heavy atom. The molecule has 0 bridgehead atoms. The quantitative estimate of drug-likeness (QED) is 0.757. The maximum atomic E-state index is 12.9. The van der Waals surface area contributed by atoms with E-state index in [2.05, 4.69) is 16.0 Å². The molecule has 2 aromatic carbocycles. The van der Waals surface area contributed by atoms with E-state index in [1.165, 1.54) is 0 Å². The van der Waals surface area contributed by atoms with Gasteiger partial charge in [-0.2, -0.15) is 0 Å². The molecule has 2 aromatic rings. The van der Waals surface area contributed by atoms with Crippen molar-refractivity contribution < 1.29 is 9.59 Å². The summed E-state index contributed by atoms with van der Waals surface area (Å²) in [6.07, 6.45) is 0. The van der Waals surface area contributed by atoms with Gasteiger partial charge in [-0.05, 0) is 44.0 Å². The predicted molar refractivity (Wildman–Crippen MR) is 103 cm³/mol. The Balaban J connectivity index is 1.93. The van der Waals surface area contributed by atoms with E-state index in [4.69, 9.17) is 11.6 Å². The van der Waals surface area contributed by atoms with Gasteiger partial charge in [0.2, 0.25) is 0 Å². The molecule has 1 atom stereocenters. The van der Waals surface area contributed by atoms with E-state index in [0.717, 1.165) is 16.7 Å². The van der Waals surface area contributed by atoms with Crippen molar-refractivity contribution in [1.82, 2.24) is 10.6 Å². The molecule has 1 aliphatic rings. The molecule has 0 spiro atoms. The minimum atomic E-state index is -0.523. The first-order valence-electron chi connectivity index (χ1n) is 8.27. The fourth-order valence-electron chi connectivity index (χ4n) is 2.87. The van der Waals surface area contributed by atoms with E-state index in [-0.39, 0.29) is 11.9 Å². The van der Waals surface area contributed by atoms with E-state index in [1.54, 1.807) is 19.1 Å². The molecule has 0 aliphatic carbocycles. The van der Waals surface area contributed by atoms with Crippen LogP contribution < -0.4 is 16.0 Å². The number of allylic oxidation sites excluding steroid dienone is 1. The number of anilines is 1. The summed E-state index contributed by atoms with van der Waals surface area (Å²) in [5, 5.41) is 8.94. The Bertz CT molecular complexity index is 904. The van der Waals surface area contributed by atoms with Crippen LogP contribution in [0.25, 0.3) is 0 Å². The summed E-state index contributed by atoms with van der Waals surface area (Å²) in [5.41, 5.74) is 4.47. The predicted octanol–water partition coefficient (Wildman–Crippen LogP) is 4.22. The fraction of sp³-hybridized carbons (Fsp3) is 0.200. The largest absolute Gasteiger partial charge is 0.327 e. The van der Waals surface area contributed by atoms with Gasteiger partial charge in [0, 0.05) is 16.4 Å². The topological polar surface area (TPSA) is 70.2 Å². The Morgan fingerprint density at radius 3 is 2.42 bits per heavy atom. The summed E-state index contributed by atoms with van der Waals surface area (Å²) in [6.45, 7) is 5.60. The second-order valence-electron chi connectivity index (χ2n) is 6.40. The van der Waals surface area contributed by atoms with Crippen LogP contribution in [0.15, 0.2) is 53.7 Å². The third kappa shape index (κ3) is 3.73. The number of hydrogen-bond donors (Lipinski definition) is 3. The normalized spacial score (nSPS) is 16.8. The first-order chi connectivity index (χ1) is 12.3. The molecule has 0 aromatic heterocycles. The van der Waals surface area contributed by atoms with Crippen molar-refractivity contribution in [3.8, 4) is 0 Å². The van der Waals surface area contributed by atoms with Crippen molar-refractivity contribution in [2.75, 3.05) is 5.32 Å². The van der Waals surface area contributed by atoms with Gasteiger partial charge in [0.1, 0.15) is 0 Å². The van der Waals surface area contributed by atoms with Crippen LogP contribution in [0, 0.1) is 13.8 Å². The number of rotatable bonds is 3. The van der Waals surface area contributed by atoms with Crippen molar-refractivity contribution in [3.05, 3.63) is 75.4 Å². The van der Waals surface area contributed by atoms with Crippen LogP contribution in [0.5, 0.6) is 0 Å². The summed E-state index contributed by atoms with van der Waals surface area (Å²) >= 11 is 6.14. The maximum absolute atomic E-state index is 12.9. The van der Waals surface area contributed by atoms with Gasteiger partial charge in [-0.1, -0.05) is 47.5 Å². The van der Waals surface area contributed by atoms with E-state index in [0.29, 0.717) is 22.0 Å². The molecule has 0 radical (unpaired) electrons. The molecule has 1 aliphatic heterocycles. The first-order valence-corrected chi connectivity index (χ1v) is 8.65. The van der Waals surface area contributed by atoms with E-state index >= 15 is 0 Å². The van der Waals surface area contributed by atoms with Gasteiger partial charge in [0.15, 0.2) is 0 Å². The van der Waals surface area contributed by atoms with Gasteiger partial charge in [0.25, 0.3) is 5.91 Å². The number of nitrogens with one attached hydrogen (secondary N) is 3. The van der Waals surface area contributed by atoms with Crippen LogP contribution in [-0.4, -0.2) is 11.9 Å². The molecule has 1 heterocycles. The molecular weight excluding hydrogens is 350 g/mol. The highest BCUT2D eigenvalue weighted by atomic mass is 35.5. The van der Waals surface area contributed by atoms with Crippen LogP contribution in [0.3, 0.4) is 0 Å². The number of carbonyl (C=O) groups excluding carboxylic acids is 2. The van der Waals surface area contributed by atoms with Crippen LogP contribution >= 0.6 is 11.6 Å². The number of urea groups is 1. The number of amides is 3. The smallest absolute Gasteiger partial charge is 0.319 e. The highest BCUT2D eigenvalue weighted by Crippen LogP contribution is 2.28. The average Bonchev–Trinajstić information content (AvgIpc) is 2.58. The summed E-state index contributed by atoms with van der Waals surface area (Å²) in [4.78, 5) is 24.9. The fourth-order valence-corrected chi connectivity index (χ4v) is 3.05. The standard InChI is InChI=1S/C20H20ClN3O2/c1-11-4-7-14(8-5-11)18-17(13(3)22-20(26)24-18)19(25)23-15-9-6-12(2)16(21)10-15/h4-10,18H,1-3H3,(H,23,25)(H2,22,24,26)/t18-/m0/s1. The number of aryl methyl sites for hydroxylation is 2. The van der Waals surface area contributed by atoms with E-state index in [1.807, 2.05) is 44.2 Å². The average molecular weight is 370 g/mol. The Kier molecular flexibility index (Phi) is 5.00. The van der Waals surface area contributed by atoms with Gasteiger partial charge >= 0.3 is 6.03 Å². The minimum absolute atomic E-state index is 0.291. The number of hydrogen-bond acceptors (Lipinski definition) is 2. The zero-order valence-corrected chi connectivity index (χ0v) is 15.6. The minimum Gasteiger partial charge on any atom is -0.327 e. The third-order valence-electron chi connectivity index (χ3n) is 4.35. The first kappa shape index (κ1) is 18.0. The summed E-state index contributed by atoms with van der Waals surface area (Å²) < 4.78 is 0. The molecule has 6 heteroatoms. The monoisotopic (exact) mass is 369 g/mol. The second kappa shape index (κ2) is 7.22. The molecule has 0 saturated carbocycles. The van der Waals surface area contributed by atoms with Crippen molar-refractivity contribution in [2.24, 2.45) is 0 Å². The van der Waals surface area contributed by atoms with E-state index in [9.17, 15) is 9.59 Å². The van der Waals surface area contributed by atoms with Gasteiger partial charge in [-0.25, -0.2) is 4.79 Å². The van der Waals surface area contributed by atoms with Crippen LogP contribution in [0.4, 0.5) is 10.5 Å². The van der Waals surface area contributed by atoms with Gasteiger partial charge in [-0.15, -0.1) is 0 Å². The lowest BCUT2D eigenvalue weighted by atomic mass is 9.94. The molecule has 0 unspecified atom stereocenters. The maximum Gasteiger partial charge on any atom is 0.319 e. The molecular formula is C20H20ClN3O2. The highest BCUT2D eigenvalue weighted by molar-refractivity contribution is 6.31. The molecule has 0 fully saturated rings. The Morgan fingerprint density at radius 1 is 1.08 bits per heavy atom. The zero-order chi connectivity index (χ0) is 18.8. The molecule has 5 nitrogen and oxygen atoms in total. The van der Waals surface area contributed by atoms with Crippen LogP contribution in [-0.2, 0) is 4.79 Å². The number of carbonyl (C=O) groups is 2. The van der Waals surface area contributed by atoms with Crippen molar-refractivity contribution in [1.29, 1.82) is 0 Å².